The van der Waals surface area contributed by atoms with Gasteiger partial charge in [0.15, 0.2) is 0 Å². The molecule has 1 aliphatic rings. The number of nitrogens with one attached hydrogen (secondary N) is 1. The van der Waals surface area contributed by atoms with E-state index in [1.165, 1.54) is 0 Å². The molecule has 2 rings (SSSR count). The van der Waals surface area contributed by atoms with Crippen LogP contribution in [0.3, 0.4) is 0 Å². The number of carboxylic acids is 1. The lowest BCUT2D eigenvalue weighted by molar-refractivity contribution is -0.139. The van der Waals surface area contributed by atoms with E-state index >= 15 is 0 Å². The van der Waals surface area contributed by atoms with Gasteiger partial charge in [-0.05, 0) is 47.3 Å². The molecule has 1 aliphatic carbocycles. The summed E-state index contributed by atoms with van der Waals surface area (Å²) in [6, 6.07) is 5.51. The van der Waals surface area contributed by atoms with Gasteiger partial charge in [0.25, 0.3) is 5.91 Å². The van der Waals surface area contributed by atoms with E-state index in [9.17, 15) is 9.59 Å². The van der Waals surface area contributed by atoms with Crippen LogP contribution >= 0.6 is 15.9 Å². The molecule has 2 N–H and O–H groups in total. The smallest absolute Gasteiger partial charge is 0.305 e. The largest absolute Gasteiger partial charge is 0.481 e. The van der Waals surface area contributed by atoms with Gasteiger partial charge in [0.1, 0.15) is 0 Å². The maximum Gasteiger partial charge on any atom is 0.305 e. The number of carbonyl (C=O) groups is 2. The zero-order chi connectivity index (χ0) is 15.5. The molecule has 1 amide bonds. The second-order valence-electron chi connectivity index (χ2n) is 5.80. The summed E-state index contributed by atoms with van der Waals surface area (Å²) < 4.78 is 0.767. The average molecular weight is 354 g/mol. The molecule has 0 spiro atoms. The van der Waals surface area contributed by atoms with Crippen molar-refractivity contribution < 1.29 is 14.7 Å². The molecule has 0 bridgehead atoms. The molecule has 0 aromatic heterocycles. The summed E-state index contributed by atoms with van der Waals surface area (Å²) in [5.74, 6) is -1.06. The first-order chi connectivity index (χ1) is 9.93. The predicted molar refractivity (Wildman–Crippen MR) is 84.4 cm³/mol. The van der Waals surface area contributed by atoms with E-state index in [4.69, 9.17) is 5.11 Å². The van der Waals surface area contributed by atoms with E-state index in [0.717, 1.165) is 42.1 Å². The molecule has 114 valence electrons. The number of carbonyl (C=O) groups excluding carboxylic acids is 1. The zero-order valence-corrected chi connectivity index (χ0v) is 13.7. The SMILES string of the molecule is Cc1cccc(C(=O)NC2(CC(=O)O)CCCCC2)c1Br. The summed E-state index contributed by atoms with van der Waals surface area (Å²) in [4.78, 5) is 23.7. The number of halogens is 1. The summed E-state index contributed by atoms with van der Waals surface area (Å²) in [7, 11) is 0. The van der Waals surface area contributed by atoms with Crippen LogP contribution < -0.4 is 5.32 Å². The van der Waals surface area contributed by atoms with Gasteiger partial charge in [-0.15, -0.1) is 0 Å². The van der Waals surface area contributed by atoms with Crippen LogP contribution in [-0.2, 0) is 4.79 Å². The minimum absolute atomic E-state index is 0.0117. The molecule has 5 heteroatoms. The van der Waals surface area contributed by atoms with E-state index in [-0.39, 0.29) is 12.3 Å². The van der Waals surface area contributed by atoms with Crippen molar-refractivity contribution in [3.05, 3.63) is 33.8 Å². The molecular weight excluding hydrogens is 334 g/mol. The van der Waals surface area contributed by atoms with Crippen LogP contribution in [0.4, 0.5) is 0 Å². The maximum atomic E-state index is 12.5. The van der Waals surface area contributed by atoms with Crippen molar-refractivity contribution in [1.29, 1.82) is 0 Å². The van der Waals surface area contributed by atoms with Crippen LogP contribution in [0.25, 0.3) is 0 Å². The van der Waals surface area contributed by atoms with E-state index in [2.05, 4.69) is 21.2 Å². The highest BCUT2D eigenvalue weighted by atomic mass is 79.9. The molecule has 1 saturated carbocycles. The number of amides is 1. The van der Waals surface area contributed by atoms with Crippen molar-refractivity contribution >= 4 is 27.8 Å². The second-order valence-corrected chi connectivity index (χ2v) is 6.60. The quantitative estimate of drug-likeness (QED) is 0.867. The number of benzene rings is 1. The van der Waals surface area contributed by atoms with Crippen LogP contribution in [0.5, 0.6) is 0 Å². The molecule has 1 fully saturated rings. The van der Waals surface area contributed by atoms with E-state index in [1.807, 2.05) is 19.1 Å². The topological polar surface area (TPSA) is 66.4 Å². The average Bonchev–Trinajstić information content (AvgIpc) is 2.41. The third-order valence-corrected chi connectivity index (χ3v) is 5.17. The molecular formula is C16H20BrNO3. The molecule has 4 nitrogen and oxygen atoms in total. The number of aryl methyl sites for hydroxylation is 1. The lowest BCUT2D eigenvalue weighted by Crippen LogP contribution is -2.51. The van der Waals surface area contributed by atoms with Gasteiger partial charge in [-0.1, -0.05) is 31.4 Å². The van der Waals surface area contributed by atoms with Gasteiger partial charge in [-0.3, -0.25) is 9.59 Å². The fourth-order valence-corrected chi connectivity index (χ4v) is 3.44. The van der Waals surface area contributed by atoms with Gasteiger partial charge in [-0.25, -0.2) is 0 Å². The Kier molecular flexibility index (Phi) is 5.04. The van der Waals surface area contributed by atoms with Gasteiger partial charge in [-0.2, -0.15) is 0 Å². The first kappa shape index (κ1) is 16.0. The molecule has 0 atom stereocenters. The standard InChI is InChI=1S/C16H20BrNO3/c1-11-6-5-7-12(14(11)17)15(21)18-16(10-13(19)20)8-3-2-4-9-16/h5-7H,2-4,8-10H2,1H3,(H,18,21)(H,19,20). The highest BCUT2D eigenvalue weighted by Gasteiger charge is 2.36. The lowest BCUT2D eigenvalue weighted by atomic mass is 9.79. The van der Waals surface area contributed by atoms with E-state index in [1.54, 1.807) is 6.07 Å². The number of aliphatic carboxylic acids is 1. The van der Waals surface area contributed by atoms with Crippen LogP contribution in [0.2, 0.25) is 0 Å². The molecule has 0 unspecified atom stereocenters. The molecule has 0 radical (unpaired) electrons. The molecule has 0 saturated heterocycles. The third-order valence-electron chi connectivity index (χ3n) is 4.12. The van der Waals surface area contributed by atoms with Crippen molar-refractivity contribution in [3.63, 3.8) is 0 Å². The van der Waals surface area contributed by atoms with Crippen molar-refractivity contribution in [2.75, 3.05) is 0 Å². The molecule has 1 aromatic rings. The van der Waals surface area contributed by atoms with E-state index < -0.39 is 11.5 Å². The minimum atomic E-state index is -0.861. The fraction of sp³-hybridized carbons (Fsp3) is 0.500. The lowest BCUT2D eigenvalue weighted by Gasteiger charge is -2.37. The Morgan fingerprint density at radius 3 is 2.57 bits per heavy atom. The Morgan fingerprint density at radius 2 is 1.95 bits per heavy atom. The van der Waals surface area contributed by atoms with Crippen molar-refractivity contribution in [1.82, 2.24) is 5.32 Å². The Balaban J connectivity index is 2.21. The van der Waals surface area contributed by atoms with E-state index in [0.29, 0.717) is 5.56 Å². The summed E-state index contributed by atoms with van der Waals surface area (Å²) in [6.45, 7) is 1.93. The number of rotatable bonds is 4. The number of hydrogen-bond donors (Lipinski definition) is 2. The summed E-state index contributed by atoms with van der Waals surface area (Å²) in [5, 5.41) is 12.2. The zero-order valence-electron chi connectivity index (χ0n) is 12.1. The van der Waals surface area contributed by atoms with Gasteiger partial charge < -0.3 is 10.4 Å². The van der Waals surface area contributed by atoms with Gasteiger partial charge in [0.05, 0.1) is 17.5 Å². The van der Waals surface area contributed by atoms with Crippen LogP contribution in [-0.4, -0.2) is 22.5 Å². The maximum absolute atomic E-state index is 12.5. The first-order valence-corrected chi connectivity index (χ1v) is 8.02. The number of carboxylic acid groups (broad SMARTS) is 1. The van der Waals surface area contributed by atoms with Crippen molar-refractivity contribution in [2.45, 2.75) is 51.0 Å². The summed E-state index contributed by atoms with van der Waals surface area (Å²) >= 11 is 3.44. The third kappa shape index (κ3) is 3.84. The Hall–Kier alpha value is -1.36. The predicted octanol–water partition coefficient (Wildman–Crippen LogP) is 3.66. The fourth-order valence-electron chi connectivity index (χ4n) is 2.99. The van der Waals surface area contributed by atoms with Crippen molar-refractivity contribution in [2.24, 2.45) is 0 Å². The number of hydrogen-bond acceptors (Lipinski definition) is 2. The minimum Gasteiger partial charge on any atom is -0.481 e. The summed E-state index contributed by atoms with van der Waals surface area (Å²) in [5.41, 5.74) is 0.938. The monoisotopic (exact) mass is 353 g/mol. The van der Waals surface area contributed by atoms with Crippen LogP contribution in [0.15, 0.2) is 22.7 Å². The summed E-state index contributed by atoms with van der Waals surface area (Å²) in [6.07, 6.45) is 4.47. The van der Waals surface area contributed by atoms with Gasteiger partial charge >= 0.3 is 5.97 Å². The highest BCUT2D eigenvalue weighted by Crippen LogP contribution is 2.32. The van der Waals surface area contributed by atoms with Crippen LogP contribution in [0.1, 0.15) is 54.4 Å². The van der Waals surface area contributed by atoms with Gasteiger partial charge in [0, 0.05) is 4.47 Å². The van der Waals surface area contributed by atoms with Crippen LogP contribution in [0, 0.1) is 6.92 Å². The molecule has 1 aromatic carbocycles. The first-order valence-electron chi connectivity index (χ1n) is 7.23. The molecule has 0 heterocycles. The molecule has 21 heavy (non-hydrogen) atoms. The molecule has 0 aliphatic heterocycles. The normalized spacial score (nSPS) is 17.2. The Bertz CT molecular complexity index is 550. The van der Waals surface area contributed by atoms with Gasteiger partial charge in [0.2, 0.25) is 0 Å². The van der Waals surface area contributed by atoms with Crippen molar-refractivity contribution in [3.8, 4) is 0 Å². The Labute approximate surface area is 133 Å². The Morgan fingerprint density at radius 1 is 1.29 bits per heavy atom. The second kappa shape index (κ2) is 6.60. The highest BCUT2D eigenvalue weighted by molar-refractivity contribution is 9.10.